The first-order valence-electron chi connectivity index (χ1n) is 7.55. The highest BCUT2D eigenvalue weighted by Gasteiger charge is 2.16. The first kappa shape index (κ1) is 20.7. The van der Waals surface area contributed by atoms with Gasteiger partial charge in [-0.3, -0.25) is 0 Å². The molecule has 0 aromatic heterocycles. The summed E-state index contributed by atoms with van der Waals surface area (Å²) in [6.45, 7) is 6.46. The van der Waals surface area contributed by atoms with Gasteiger partial charge >= 0.3 is 0 Å². The standard InChI is InChI=1S/C16H27N3.2ClH/c17-9-12-19(14-16-7-4-10-18-13-16)11-8-15-5-2-1-3-6-15;;/h1-3,5-6,16,18H,4,7-14,17H2;2*1H. The summed E-state index contributed by atoms with van der Waals surface area (Å²) < 4.78 is 0. The van der Waals surface area contributed by atoms with E-state index in [4.69, 9.17) is 5.73 Å². The lowest BCUT2D eigenvalue weighted by Crippen LogP contribution is -2.40. The Morgan fingerprint density at radius 1 is 1.14 bits per heavy atom. The zero-order valence-electron chi connectivity index (χ0n) is 12.7. The molecule has 1 aromatic rings. The Balaban J connectivity index is 0.00000200. The van der Waals surface area contributed by atoms with E-state index in [0.29, 0.717) is 0 Å². The first-order valence-corrected chi connectivity index (χ1v) is 7.55. The van der Waals surface area contributed by atoms with E-state index < -0.39 is 0 Å². The van der Waals surface area contributed by atoms with Gasteiger partial charge in [0, 0.05) is 26.2 Å². The van der Waals surface area contributed by atoms with Gasteiger partial charge < -0.3 is 16.0 Å². The predicted molar refractivity (Wildman–Crippen MR) is 95.7 cm³/mol. The van der Waals surface area contributed by atoms with Crippen molar-refractivity contribution in [2.75, 3.05) is 39.3 Å². The third kappa shape index (κ3) is 8.03. The van der Waals surface area contributed by atoms with Crippen LogP contribution in [0.4, 0.5) is 0 Å². The maximum Gasteiger partial charge on any atom is 0.0105 e. The second kappa shape index (κ2) is 12.2. The summed E-state index contributed by atoms with van der Waals surface area (Å²) in [6.07, 6.45) is 3.81. The molecule has 1 saturated heterocycles. The second-order valence-electron chi connectivity index (χ2n) is 5.54. The Morgan fingerprint density at radius 3 is 2.52 bits per heavy atom. The Hall–Kier alpha value is -0.320. The van der Waals surface area contributed by atoms with E-state index in [1.54, 1.807) is 0 Å². The zero-order valence-corrected chi connectivity index (χ0v) is 14.3. The van der Waals surface area contributed by atoms with Gasteiger partial charge in [-0.05, 0) is 43.8 Å². The van der Waals surface area contributed by atoms with Crippen LogP contribution in [0.3, 0.4) is 0 Å². The monoisotopic (exact) mass is 333 g/mol. The Labute approximate surface area is 141 Å². The minimum absolute atomic E-state index is 0. The van der Waals surface area contributed by atoms with Crippen LogP contribution in [0.5, 0.6) is 0 Å². The van der Waals surface area contributed by atoms with Gasteiger partial charge in [-0.25, -0.2) is 0 Å². The molecule has 1 unspecified atom stereocenters. The molecule has 1 fully saturated rings. The van der Waals surface area contributed by atoms with Crippen LogP contribution in [0, 0.1) is 5.92 Å². The molecule has 5 heteroatoms. The number of nitrogens with zero attached hydrogens (tertiary/aromatic N) is 1. The number of piperidine rings is 1. The van der Waals surface area contributed by atoms with Crippen molar-refractivity contribution in [3.8, 4) is 0 Å². The minimum atomic E-state index is 0. The molecule has 1 aliphatic heterocycles. The third-order valence-corrected chi connectivity index (χ3v) is 3.92. The van der Waals surface area contributed by atoms with Crippen molar-refractivity contribution < 1.29 is 0 Å². The van der Waals surface area contributed by atoms with Crippen LogP contribution in [-0.2, 0) is 6.42 Å². The maximum absolute atomic E-state index is 5.75. The summed E-state index contributed by atoms with van der Waals surface area (Å²) in [5, 5.41) is 3.50. The molecule has 1 aliphatic rings. The summed E-state index contributed by atoms with van der Waals surface area (Å²) in [4.78, 5) is 2.53. The molecular formula is C16H29Cl2N3. The molecular weight excluding hydrogens is 305 g/mol. The Morgan fingerprint density at radius 2 is 1.90 bits per heavy atom. The molecule has 0 amide bonds. The molecule has 1 atom stereocenters. The van der Waals surface area contributed by atoms with E-state index in [1.165, 1.54) is 38.0 Å². The van der Waals surface area contributed by atoms with Crippen molar-refractivity contribution in [1.29, 1.82) is 0 Å². The Bertz CT molecular complexity index is 343. The number of nitrogens with one attached hydrogen (secondary N) is 1. The predicted octanol–water partition coefficient (Wildman–Crippen LogP) is 2.33. The highest BCUT2D eigenvalue weighted by molar-refractivity contribution is 5.85. The van der Waals surface area contributed by atoms with Gasteiger partial charge in [0.15, 0.2) is 0 Å². The van der Waals surface area contributed by atoms with Crippen molar-refractivity contribution in [1.82, 2.24) is 10.2 Å². The van der Waals surface area contributed by atoms with Gasteiger partial charge in [-0.15, -0.1) is 24.8 Å². The topological polar surface area (TPSA) is 41.3 Å². The van der Waals surface area contributed by atoms with Crippen molar-refractivity contribution in [2.24, 2.45) is 11.7 Å². The SMILES string of the molecule is Cl.Cl.NCCN(CCc1ccccc1)CC1CCCNC1. The lowest BCUT2D eigenvalue weighted by Gasteiger charge is -2.30. The molecule has 0 spiro atoms. The van der Waals surface area contributed by atoms with Crippen molar-refractivity contribution in [3.05, 3.63) is 35.9 Å². The van der Waals surface area contributed by atoms with E-state index in [1.807, 2.05) is 0 Å². The molecule has 0 saturated carbocycles. The largest absolute Gasteiger partial charge is 0.329 e. The van der Waals surface area contributed by atoms with E-state index in [2.05, 4.69) is 40.5 Å². The van der Waals surface area contributed by atoms with Gasteiger partial charge in [0.05, 0.1) is 0 Å². The van der Waals surface area contributed by atoms with Crippen molar-refractivity contribution in [3.63, 3.8) is 0 Å². The van der Waals surface area contributed by atoms with Crippen molar-refractivity contribution in [2.45, 2.75) is 19.3 Å². The molecule has 0 aliphatic carbocycles. The number of rotatable bonds is 7. The van der Waals surface area contributed by atoms with Crippen LogP contribution < -0.4 is 11.1 Å². The quantitative estimate of drug-likeness (QED) is 0.804. The molecule has 0 radical (unpaired) electrons. The third-order valence-electron chi connectivity index (χ3n) is 3.92. The highest BCUT2D eigenvalue weighted by atomic mass is 35.5. The molecule has 21 heavy (non-hydrogen) atoms. The number of halogens is 2. The molecule has 1 heterocycles. The second-order valence-corrected chi connectivity index (χ2v) is 5.54. The van der Waals surface area contributed by atoms with Crippen LogP contribution in [0.25, 0.3) is 0 Å². The van der Waals surface area contributed by atoms with Gasteiger partial charge in [0.1, 0.15) is 0 Å². The number of hydrogen-bond acceptors (Lipinski definition) is 3. The van der Waals surface area contributed by atoms with Gasteiger partial charge in [0.25, 0.3) is 0 Å². The lowest BCUT2D eigenvalue weighted by atomic mass is 9.99. The smallest absolute Gasteiger partial charge is 0.0105 e. The fourth-order valence-electron chi connectivity index (χ4n) is 2.85. The number of benzene rings is 1. The molecule has 122 valence electrons. The summed E-state index contributed by atoms with van der Waals surface area (Å²) >= 11 is 0. The minimum Gasteiger partial charge on any atom is -0.329 e. The van der Waals surface area contributed by atoms with E-state index in [-0.39, 0.29) is 24.8 Å². The molecule has 2 rings (SSSR count). The fraction of sp³-hybridized carbons (Fsp3) is 0.625. The number of nitrogens with two attached hydrogens (primary N) is 1. The van der Waals surface area contributed by atoms with Crippen molar-refractivity contribution >= 4 is 24.8 Å². The highest BCUT2D eigenvalue weighted by Crippen LogP contribution is 2.12. The average Bonchev–Trinajstić information content (AvgIpc) is 2.47. The summed E-state index contributed by atoms with van der Waals surface area (Å²) in [5.41, 5.74) is 7.17. The van der Waals surface area contributed by atoms with Crippen LogP contribution in [0.15, 0.2) is 30.3 Å². The lowest BCUT2D eigenvalue weighted by molar-refractivity contribution is 0.214. The normalized spacial score (nSPS) is 17.9. The maximum atomic E-state index is 5.75. The van der Waals surface area contributed by atoms with E-state index in [0.717, 1.165) is 32.0 Å². The summed E-state index contributed by atoms with van der Waals surface area (Å²) in [6, 6.07) is 10.7. The first-order chi connectivity index (χ1) is 9.38. The zero-order chi connectivity index (χ0) is 13.3. The Kier molecular flexibility index (Phi) is 12.1. The molecule has 0 bridgehead atoms. The van der Waals surface area contributed by atoms with E-state index >= 15 is 0 Å². The van der Waals surface area contributed by atoms with Crippen LogP contribution in [-0.4, -0.2) is 44.2 Å². The molecule has 1 aromatic carbocycles. The summed E-state index contributed by atoms with van der Waals surface area (Å²) in [7, 11) is 0. The average molecular weight is 334 g/mol. The van der Waals surface area contributed by atoms with Gasteiger partial charge in [0.2, 0.25) is 0 Å². The summed E-state index contributed by atoms with van der Waals surface area (Å²) in [5.74, 6) is 0.802. The van der Waals surface area contributed by atoms with Gasteiger partial charge in [-0.1, -0.05) is 30.3 Å². The van der Waals surface area contributed by atoms with Crippen LogP contribution in [0.1, 0.15) is 18.4 Å². The van der Waals surface area contributed by atoms with Crippen LogP contribution >= 0.6 is 24.8 Å². The van der Waals surface area contributed by atoms with E-state index in [9.17, 15) is 0 Å². The molecule has 3 nitrogen and oxygen atoms in total. The van der Waals surface area contributed by atoms with Crippen LogP contribution in [0.2, 0.25) is 0 Å². The fourth-order valence-corrected chi connectivity index (χ4v) is 2.85. The number of hydrogen-bond donors (Lipinski definition) is 2. The molecule has 3 N–H and O–H groups in total. The van der Waals surface area contributed by atoms with Gasteiger partial charge in [-0.2, -0.15) is 0 Å².